The van der Waals surface area contributed by atoms with Crippen molar-refractivity contribution in [3.8, 4) is 5.69 Å². The summed E-state index contributed by atoms with van der Waals surface area (Å²) >= 11 is 6.33. The van der Waals surface area contributed by atoms with Gasteiger partial charge in [0.1, 0.15) is 0 Å². The van der Waals surface area contributed by atoms with E-state index < -0.39 is 0 Å². The number of nitrogens with one attached hydrogen (secondary N) is 1. The molecule has 6 heteroatoms. The SMILES string of the molecule is Cc1cc(C(=O)NCC(c2ccccc2Cl)N(C)C)nn1-c1ccccc1. The molecule has 2 aromatic carbocycles. The second-order valence-corrected chi connectivity index (χ2v) is 7.04. The zero-order valence-corrected chi connectivity index (χ0v) is 16.4. The molecular formula is C21H23ClN4O. The Kier molecular flexibility index (Phi) is 5.94. The van der Waals surface area contributed by atoms with E-state index in [0.717, 1.165) is 16.9 Å². The van der Waals surface area contributed by atoms with Gasteiger partial charge < -0.3 is 10.2 Å². The van der Waals surface area contributed by atoms with Gasteiger partial charge in [0.15, 0.2) is 5.69 Å². The molecule has 1 N–H and O–H groups in total. The first-order valence-corrected chi connectivity index (χ1v) is 9.16. The van der Waals surface area contributed by atoms with Gasteiger partial charge in [-0.15, -0.1) is 0 Å². The highest BCUT2D eigenvalue weighted by Crippen LogP contribution is 2.25. The van der Waals surface area contributed by atoms with Crippen LogP contribution in [0.5, 0.6) is 0 Å². The van der Waals surface area contributed by atoms with Crippen LogP contribution in [0.3, 0.4) is 0 Å². The lowest BCUT2D eigenvalue weighted by Gasteiger charge is -2.25. The molecule has 0 aliphatic carbocycles. The van der Waals surface area contributed by atoms with Crippen molar-refractivity contribution in [3.05, 3.63) is 82.6 Å². The molecule has 0 radical (unpaired) electrons. The molecule has 0 saturated carbocycles. The molecule has 3 aromatic rings. The lowest BCUT2D eigenvalue weighted by Crippen LogP contribution is -2.35. The summed E-state index contributed by atoms with van der Waals surface area (Å²) in [6.45, 7) is 2.37. The molecule has 0 aliphatic heterocycles. The number of likely N-dealkylation sites (N-methyl/N-ethyl adjacent to an activating group) is 1. The number of amides is 1. The van der Waals surface area contributed by atoms with Crippen LogP contribution in [-0.4, -0.2) is 41.2 Å². The zero-order chi connectivity index (χ0) is 19.4. The quantitative estimate of drug-likeness (QED) is 0.704. The number of halogens is 1. The van der Waals surface area contributed by atoms with Gasteiger partial charge in [-0.05, 0) is 50.8 Å². The number of para-hydroxylation sites is 1. The van der Waals surface area contributed by atoms with Gasteiger partial charge in [0, 0.05) is 17.3 Å². The molecule has 1 heterocycles. The molecule has 0 aliphatic rings. The Hall–Kier alpha value is -2.63. The fourth-order valence-corrected chi connectivity index (χ4v) is 3.27. The number of aromatic nitrogens is 2. The van der Waals surface area contributed by atoms with E-state index in [1.165, 1.54) is 0 Å². The maximum atomic E-state index is 12.6. The average Bonchev–Trinajstić information content (AvgIpc) is 3.05. The molecule has 1 unspecified atom stereocenters. The van der Waals surface area contributed by atoms with E-state index >= 15 is 0 Å². The number of nitrogens with zero attached hydrogens (tertiary/aromatic N) is 3. The maximum Gasteiger partial charge on any atom is 0.271 e. The molecule has 0 saturated heterocycles. The predicted octanol–water partition coefficient (Wildman–Crippen LogP) is 3.87. The average molecular weight is 383 g/mol. The largest absolute Gasteiger partial charge is 0.349 e. The minimum atomic E-state index is -0.202. The summed E-state index contributed by atoms with van der Waals surface area (Å²) in [7, 11) is 3.93. The molecule has 1 amide bonds. The predicted molar refractivity (Wildman–Crippen MR) is 109 cm³/mol. The molecule has 1 aromatic heterocycles. The number of aryl methyl sites for hydroxylation is 1. The first-order valence-electron chi connectivity index (χ1n) is 8.78. The van der Waals surface area contributed by atoms with Gasteiger partial charge in [-0.3, -0.25) is 4.79 Å². The second kappa shape index (κ2) is 8.37. The molecule has 0 bridgehead atoms. The summed E-state index contributed by atoms with van der Waals surface area (Å²) in [4.78, 5) is 14.7. The van der Waals surface area contributed by atoms with Crippen molar-refractivity contribution in [2.75, 3.05) is 20.6 Å². The van der Waals surface area contributed by atoms with Gasteiger partial charge in [0.05, 0.1) is 11.7 Å². The highest BCUT2D eigenvalue weighted by Gasteiger charge is 2.19. The fourth-order valence-electron chi connectivity index (χ4n) is 3.01. The van der Waals surface area contributed by atoms with Crippen molar-refractivity contribution in [1.29, 1.82) is 0 Å². The molecule has 0 fully saturated rings. The monoisotopic (exact) mass is 382 g/mol. The van der Waals surface area contributed by atoms with Crippen molar-refractivity contribution < 1.29 is 4.79 Å². The number of hydrogen-bond donors (Lipinski definition) is 1. The smallest absolute Gasteiger partial charge is 0.271 e. The van der Waals surface area contributed by atoms with Crippen LogP contribution < -0.4 is 5.32 Å². The van der Waals surface area contributed by atoms with Crippen LogP contribution in [-0.2, 0) is 0 Å². The van der Waals surface area contributed by atoms with Crippen molar-refractivity contribution in [2.45, 2.75) is 13.0 Å². The summed E-state index contributed by atoms with van der Waals surface area (Å²) < 4.78 is 1.77. The first kappa shape index (κ1) is 19.1. The minimum Gasteiger partial charge on any atom is -0.349 e. The first-order chi connectivity index (χ1) is 13.0. The minimum absolute atomic E-state index is 0.0278. The van der Waals surface area contributed by atoms with Crippen molar-refractivity contribution >= 4 is 17.5 Å². The summed E-state index contributed by atoms with van der Waals surface area (Å²) in [6.07, 6.45) is 0. The fraction of sp³-hybridized carbons (Fsp3) is 0.238. The van der Waals surface area contributed by atoms with Crippen molar-refractivity contribution in [3.63, 3.8) is 0 Å². The number of carbonyl (C=O) groups excluding carboxylic acids is 1. The van der Waals surface area contributed by atoms with Gasteiger partial charge in [-0.1, -0.05) is 48.0 Å². The van der Waals surface area contributed by atoms with Crippen molar-refractivity contribution in [2.24, 2.45) is 0 Å². The summed E-state index contributed by atoms with van der Waals surface area (Å²) in [5, 5.41) is 8.13. The highest BCUT2D eigenvalue weighted by atomic mass is 35.5. The third kappa shape index (κ3) is 4.38. The Balaban J connectivity index is 1.75. The van der Waals surface area contributed by atoms with Crippen molar-refractivity contribution in [1.82, 2.24) is 20.0 Å². The molecule has 0 spiro atoms. The second-order valence-electron chi connectivity index (χ2n) is 6.63. The van der Waals surface area contributed by atoms with E-state index in [1.807, 2.05) is 80.5 Å². The van der Waals surface area contributed by atoms with Crippen LogP contribution in [0.4, 0.5) is 0 Å². The molecule has 27 heavy (non-hydrogen) atoms. The van der Waals surface area contributed by atoms with Gasteiger partial charge >= 0.3 is 0 Å². The van der Waals surface area contributed by atoms with Crippen LogP contribution in [0.1, 0.15) is 27.8 Å². The number of rotatable bonds is 6. The number of carbonyl (C=O) groups is 1. The summed E-state index contributed by atoms with van der Waals surface area (Å²) in [6, 6.07) is 19.2. The summed E-state index contributed by atoms with van der Waals surface area (Å²) in [5.41, 5.74) is 3.21. The molecule has 5 nitrogen and oxygen atoms in total. The Morgan fingerprint density at radius 3 is 2.48 bits per heavy atom. The van der Waals surface area contributed by atoms with E-state index in [9.17, 15) is 4.79 Å². The highest BCUT2D eigenvalue weighted by molar-refractivity contribution is 6.31. The van der Waals surface area contributed by atoms with E-state index in [1.54, 1.807) is 10.7 Å². The third-order valence-corrected chi connectivity index (χ3v) is 4.81. The molecular weight excluding hydrogens is 360 g/mol. The normalized spacial score (nSPS) is 12.2. The van der Waals surface area contributed by atoms with Crippen LogP contribution in [0.2, 0.25) is 5.02 Å². The van der Waals surface area contributed by atoms with E-state index in [2.05, 4.69) is 10.4 Å². The Morgan fingerprint density at radius 2 is 1.81 bits per heavy atom. The Morgan fingerprint density at radius 1 is 1.15 bits per heavy atom. The lowest BCUT2D eigenvalue weighted by atomic mass is 10.1. The number of hydrogen-bond acceptors (Lipinski definition) is 3. The zero-order valence-electron chi connectivity index (χ0n) is 15.7. The lowest BCUT2D eigenvalue weighted by molar-refractivity contribution is 0.0936. The van der Waals surface area contributed by atoms with E-state index in [4.69, 9.17) is 11.6 Å². The molecule has 1 atom stereocenters. The standard InChI is InChI=1S/C21H23ClN4O/c1-15-13-19(24-26(15)16-9-5-4-6-10-16)21(27)23-14-20(25(2)3)17-11-7-8-12-18(17)22/h4-13,20H,14H2,1-3H3,(H,23,27). The van der Waals surface area contributed by atoms with Gasteiger partial charge in [-0.25, -0.2) is 4.68 Å². The number of benzene rings is 2. The Bertz CT molecular complexity index is 921. The van der Waals surface area contributed by atoms with E-state index in [0.29, 0.717) is 17.3 Å². The van der Waals surface area contributed by atoms with Crippen LogP contribution in [0.25, 0.3) is 5.69 Å². The van der Waals surface area contributed by atoms with Gasteiger partial charge in [0.2, 0.25) is 0 Å². The van der Waals surface area contributed by atoms with Crippen LogP contribution in [0.15, 0.2) is 60.7 Å². The Labute approximate surface area is 164 Å². The van der Waals surface area contributed by atoms with Crippen LogP contribution in [0, 0.1) is 6.92 Å². The maximum absolute atomic E-state index is 12.6. The van der Waals surface area contributed by atoms with Crippen LogP contribution >= 0.6 is 11.6 Å². The molecule has 3 rings (SSSR count). The van der Waals surface area contributed by atoms with E-state index in [-0.39, 0.29) is 11.9 Å². The topological polar surface area (TPSA) is 50.2 Å². The summed E-state index contributed by atoms with van der Waals surface area (Å²) in [5.74, 6) is -0.202. The molecule has 140 valence electrons. The third-order valence-electron chi connectivity index (χ3n) is 4.46. The van der Waals surface area contributed by atoms with Gasteiger partial charge in [0.25, 0.3) is 5.91 Å². The van der Waals surface area contributed by atoms with Gasteiger partial charge in [-0.2, -0.15) is 5.10 Å².